The molecule has 1 fully saturated rings. The summed E-state index contributed by atoms with van der Waals surface area (Å²) in [6, 6.07) is 0. The molecule has 0 unspecified atom stereocenters. The summed E-state index contributed by atoms with van der Waals surface area (Å²) in [6.07, 6.45) is 14.1. The number of ketones is 1. The summed E-state index contributed by atoms with van der Waals surface area (Å²) in [4.78, 5) is 11.9. The molecule has 0 aliphatic heterocycles. The second-order valence-corrected chi connectivity index (χ2v) is 5.42. The van der Waals surface area contributed by atoms with Crippen LogP contribution < -0.4 is 0 Å². The van der Waals surface area contributed by atoms with Gasteiger partial charge in [-0.05, 0) is 49.7 Å². The maximum Gasteiger partial charge on any atom is 0.163 e. The molecule has 0 N–H and O–H groups in total. The van der Waals surface area contributed by atoms with Crippen LogP contribution in [0.3, 0.4) is 0 Å². The zero-order chi connectivity index (χ0) is 12.1. The Bertz CT molecular complexity index is 339. The number of hydrogen-bond acceptors (Lipinski definition) is 1. The first-order valence-electron chi connectivity index (χ1n) is 7.26. The number of rotatable bonds is 4. The van der Waals surface area contributed by atoms with Crippen LogP contribution in [0.1, 0.15) is 71.1 Å². The van der Waals surface area contributed by atoms with Crippen LogP contribution in [-0.4, -0.2) is 5.78 Å². The molecule has 0 bridgehead atoms. The van der Waals surface area contributed by atoms with E-state index < -0.39 is 0 Å². The third kappa shape index (κ3) is 3.31. The molecule has 0 saturated heterocycles. The molecule has 0 radical (unpaired) electrons. The monoisotopic (exact) mass is 232 g/mol. The summed E-state index contributed by atoms with van der Waals surface area (Å²) in [5.74, 6) is 0.397. The summed E-state index contributed by atoms with van der Waals surface area (Å²) < 4.78 is 0. The van der Waals surface area contributed by atoms with Crippen molar-refractivity contribution in [1.82, 2.24) is 0 Å². The van der Waals surface area contributed by atoms with Crippen molar-refractivity contribution in [3.05, 3.63) is 22.8 Å². The molecule has 0 atom stereocenters. The predicted octanol–water partition coefficient (Wildman–Crippen LogP) is 4.73. The minimum atomic E-state index is 0.397. The summed E-state index contributed by atoms with van der Waals surface area (Å²) in [5, 5.41) is 0. The Balaban J connectivity index is 1.99. The van der Waals surface area contributed by atoms with E-state index in [0.717, 1.165) is 12.0 Å². The van der Waals surface area contributed by atoms with E-state index in [4.69, 9.17) is 0 Å². The van der Waals surface area contributed by atoms with Gasteiger partial charge in [-0.25, -0.2) is 0 Å². The van der Waals surface area contributed by atoms with Gasteiger partial charge in [-0.1, -0.05) is 37.8 Å². The smallest absolute Gasteiger partial charge is 0.163 e. The molecule has 1 saturated carbocycles. The van der Waals surface area contributed by atoms with Gasteiger partial charge in [0.1, 0.15) is 0 Å². The molecule has 0 heterocycles. The molecule has 0 spiro atoms. The Morgan fingerprint density at radius 3 is 2.59 bits per heavy atom. The second kappa shape index (κ2) is 6.18. The van der Waals surface area contributed by atoms with E-state index in [0.29, 0.717) is 12.2 Å². The molecule has 1 heteroatoms. The molecule has 2 rings (SSSR count). The van der Waals surface area contributed by atoms with Gasteiger partial charge in [0, 0.05) is 6.42 Å². The van der Waals surface area contributed by atoms with Crippen LogP contribution in [0.4, 0.5) is 0 Å². The summed E-state index contributed by atoms with van der Waals surface area (Å²) in [5.41, 5.74) is 4.06. The Morgan fingerprint density at radius 2 is 1.88 bits per heavy atom. The third-order valence-electron chi connectivity index (χ3n) is 4.02. The lowest BCUT2D eigenvalue weighted by Crippen LogP contribution is -1.99. The van der Waals surface area contributed by atoms with Gasteiger partial charge in [0.2, 0.25) is 0 Å². The standard InChI is InChI=1S/C16H24O/c1-2-3-5-10-14-11-15(12-16(14)17)13-8-6-4-7-9-13/h11H,2-10,12H2,1H3. The van der Waals surface area contributed by atoms with E-state index in [9.17, 15) is 4.79 Å². The molecule has 0 aromatic heterocycles. The number of unbranched alkanes of at least 4 members (excludes halogenated alkanes) is 2. The highest BCUT2D eigenvalue weighted by Gasteiger charge is 2.21. The number of hydrogen-bond donors (Lipinski definition) is 0. The van der Waals surface area contributed by atoms with Gasteiger partial charge in [-0.3, -0.25) is 4.79 Å². The van der Waals surface area contributed by atoms with Gasteiger partial charge in [0.05, 0.1) is 0 Å². The van der Waals surface area contributed by atoms with Crippen molar-refractivity contribution >= 4 is 5.78 Å². The van der Waals surface area contributed by atoms with Crippen molar-refractivity contribution in [1.29, 1.82) is 0 Å². The second-order valence-electron chi connectivity index (χ2n) is 5.42. The molecule has 1 nitrogen and oxygen atoms in total. The lowest BCUT2D eigenvalue weighted by Gasteiger charge is -2.15. The fourth-order valence-corrected chi connectivity index (χ4v) is 2.93. The average molecular weight is 232 g/mol. The van der Waals surface area contributed by atoms with Crippen LogP contribution in [0.15, 0.2) is 22.8 Å². The predicted molar refractivity (Wildman–Crippen MR) is 72.0 cm³/mol. The van der Waals surface area contributed by atoms with E-state index in [1.54, 1.807) is 5.57 Å². The average Bonchev–Trinajstić information content (AvgIpc) is 2.73. The van der Waals surface area contributed by atoms with Gasteiger partial charge >= 0.3 is 0 Å². The van der Waals surface area contributed by atoms with Crippen molar-refractivity contribution in [2.45, 2.75) is 71.1 Å². The van der Waals surface area contributed by atoms with Crippen molar-refractivity contribution in [3.63, 3.8) is 0 Å². The van der Waals surface area contributed by atoms with Crippen LogP contribution in [0.2, 0.25) is 0 Å². The van der Waals surface area contributed by atoms with Gasteiger partial charge < -0.3 is 0 Å². The maximum absolute atomic E-state index is 11.9. The highest BCUT2D eigenvalue weighted by Crippen LogP contribution is 2.33. The molecule has 94 valence electrons. The minimum Gasteiger partial charge on any atom is -0.294 e. The summed E-state index contributed by atoms with van der Waals surface area (Å²) in [6.45, 7) is 2.21. The zero-order valence-electron chi connectivity index (χ0n) is 11.1. The van der Waals surface area contributed by atoms with Crippen LogP contribution >= 0.6 is 0 Å². The fraction of sp³-hybridized carbons (Fsp3) is 0.688. The van der Waals surface area contributed by atoms with Crippen LogP contribution in [0.25, 0.3) is 0 Å². The molecule has 0 aromatic rings. The lowest BCUT2D eigenvalue weighted by atomic mass is 9.91. The topological polar surface area (TPSA) is 17.1 Å². The van der Waals surface area contributed by atoms with Gasteiger partial charge in [0.25, 0.3) is 0 Å². The Hall–Kier alpha value is -0.850. The zero-order valence-corrected chi connectivity index (χ0v) is 11.1. The van der Waals surface area contributed by atoms with Crippen molar-refractivity contribution < 1.29 is 4.79 Å². The van der Waals surface area contributed by atoms with E-state index in [1.165, 1.54) is 56.9 Å². The van der Waals surface area contributed by atoms with Gasteiger partial charge in [-0.15, -0.1) is 0 Å². The molecule has 2 aliphatic carbocycles. The Morgan fingerprint density at radius 1 is 1.12 bits per heavy atom. The molecule has 2 aliphatic rings. The molecular weight excluding hydrogens is 208 g/mol. The van der Waals surface area contributed by atoms with Crippen LogP contribution in [-0.2, 0) is 4.79 Å². The largest absolute Gasteiger partial charge is 0.294 e. The number of allylic oxidation sites excluding steroid dienone is 4. The first-order chi connectivity index (χ1) is 8.31. The Kier molecular flexibility index (Phi) is 4.58. The van der Waals surface area contributed by atoms with Crippen molar-refractivity contribution in [2.24, 2.45) is 0 Å². The van der Waals surface area contributed by atoms with Crippen LogP contribution in [0.5, 0.6) is 0 Å². The minimum absolute atomic E-state index is 0.397. The highest BCUT2D eigenvalue weighted by atomic mass is 16.1. The molecule has 17 heavy (non-hydrogen) atoms. The maximum atomic E-state index is 11.9. The molecule has 0 aromatic carbocycles. The van der Waals surface area contributed by atoms with E-state index >= 15 is 0 Å². The first kappa shape index (κ1) is 12.6. The van der Waals surface area contributed by atoms with Gasteiger partial charge in [0.15, 0.2) is 5.78 Å². The van der Waals surface area contributed by atoms with E-state index in [-0.39, 0.29) is 0 Å². The quantitative estimate of drug-likeness (QED) is 0.641. The first-order valence-corrected chi connectivity index (χ1v) is 7.26. The van der Waals surface area contributed by atoms with Crippen LogP contribution in [0, 0.1) is 0 Å². The number of carbonyl (C=O) groups excluding carboxylic acids is 1. The molecular formula is C16H24O. The third-order valence-corrected chi connectivity index (χ3v) is 4.02. The van der Waals surface area contributed by atoms with Crippen molar-refractivity contribution in [2.75, 3.05) is 0 Å². The normalized spacial score (nSPS) is 21.0. The number of Topliss-reactive ketones (excluding diaryl/α,β-unsaturated/α-hetero) is 1. The summed E-state index contributed by atoms with van der Waals surface area (Å²) in [7, 11) is 0. The summed E-state index contributed by atoms with van der Waals surface area (Å²) >= 11 is 0. The SMILES string of the molecule is CCCCCC1=CC(=C2CCCCC2)CC1=O. The van der Waals surface area contributed by atoms with E-state index in [2.05, 4.69) is 13.0 Å². The van der Waals surface area contributed by atoms with Crippen molar-refractivity contribution in [3.8, 4) is 0 Å². The van der Waals surface area contributed by atoms with E-state index in [1.807, 2.05) is 0 Å². The molecule has 0 amide bonds. The highest BCUT2D eigenvalue weighted by molar-refractivity contribution is 6.01. The van der Waals surface area contributed by atoms with Gasteiger partial charge in [-0.2, -0.15) is 0 Å². The fourth-order valence-electron chi connectivity index (χ4n) is 2.93. The Labute approximate surface area is 105 Å². The lowest BCUT2D eigenvalue weighted by molar-refractivity contribution is -0.114. The number of carbonyl (C=O) groups is 1.